The van der Waals surface area contributed by atoms with Gasteiger partial charge in [-0.3, -0.25) is 4.79 Å². The molecule has 30 heavy (non-hydrogen) atoms. The van der Waals surface area contributed by atoms with Crippen LogP contribution in [0.5, 0.6) is 0 Å². The SMILES string of the molecule is O=C(c1c(-c2ccccc2)nnc2ccccc12)N1CCN(c2ncccn2)CC1. The summed E-state index contributed by atoms with van der Waals surface area (Å²) >= 11 is 0. The zero-order valence-electron chi connectivity index (χ0n) is 16.3. The van der Waals surface area contributed by atoms with E-state index in [9.17, 15) is 4.79 Å². The minimum atomic E-state index is -0.0198. The van der Waals surface area contributed by atoms with Crippen LogP contribution in [0.1, 0.15) is 10.4 Å². The highest BCUT2D eigenvalue weighted by molar-refractivity contribution is 6.10. The van der Waals surface area contributed by atoms with E-state index in [1.165, 1.54) is 0 Å². The third-order valence-electron chi connectivity index (χ3n) is 5.33. The van der Waals surface area contributed by atoms with E-state index in [0.29, 0.717) is 43.4 Å². The second kappa shape index (κ2) is 7.87. The predicted molar refractivity (Wildman–Crippen MR) is 115 cm³/mol. The molecule has 3 heterocycles. The number of hydrogen-bond donors (Lipinski definition) is 0. The van der Waals surface area contributed by atoms with Crippen molar-refractivity contribution in [3.05, 3.63) is 78.6 Å². The van der Waals surface area contributed by atoms with Gasteiger partial charge in [0.1, 0.15) is 5.69 Å². The van der Waals surface area contributed by atoms with Crippen molar-refractivity contribution in [2.24, 2.45) is 0 Å². The largest absolute Gasteiger partial charge is 0.337 e. The maximum atomic E-state index is 13.7. The Bertz CT molecular complexity index is 1170. The Morgan fingerprint density at radius 3 is 2.23 bits per heavy atom. The van der Waals surface area contributed by atoms with E-state index in [1.54, 1.807) is 18.5 Å². The van der Waals surface area contributed by atoms with Gasteiger partial charge in [-0.15, -0.1) is 10.2 Å². The monoisotopic (exact) mass is 396 g/mol. The second-order valence-corrected chi connectivity index (χ2v) is 7.13. The van der Waals surface area contributed by atoms with E-state index >= 15 is 0 Å². The third kappa shape index (κ3) is 3.34. The first-order valence-corrected chi connectivity index (χ1v) is 9.93. The number of anilines is 1. The molecule has 0 radical (unpaired) electrons. The summed E-state index contributed by atoms with van der Waals surface area (Å²) in [5.41, 5.74) is 2.83. The fourth-order valence-electron chi connectivity index (χ4n) is 3.79. The number of benzene rings is 2. The Kier molecular flexibility index (Phi) is 4.77. The minimum absolute atomic E-state index is 0.0198. The molecule has 148 valence electrons. The minimum Gasteiger partial charge on any atom is -0.337 e. The van der Waals surface area contributed by atoms with Gasteiger partial charge in [0.05, 0.1) is 11.1 Å². The summed E-state index contributed by atoms with van der Waals surface area (Å²) in [6, 6.07) is 19.2. The number of piperazine rings is 1. The Labute approximate surface area is 174 Å². The Morgan fingerprint density at radius 2 is 1.47 bits per heavy atom. The van der Waals surface area contributed by atoms with Gasteiger partial charge >= 0.3 is 0 Å². The molecule has 4 aromatic rings. The molecule has 5 rings (SSSR count). The van der Waals surface area contributed by atoms with Crippen molar-refractivity contribution in [1.29, 1.82) is 0 Å². The fourth-order valence-corrected chi connectivity index (χ4v) is 3.79. The molecule has 2 aromatic carbocycles. The number of aromatic nitrogens is 4. The molecule has 0 N–H and O–H groups in total. The highest BCUT2D eigenvalue weighted by Crippen LogP contribution is 2.28. The maximum absolute atomic E-state index is 13.7. The number of carbonyl (C=O) groups is 1. The number of nitrogens with zero attached hydrogens (tertiary/aromatic N) is 6. The van der Waals surface area contributed by atoms with Crippen LogP contribution in [-0.4, -0.2) is 57.2 Å². The number of amides is 1. The van der Waals surface area contributed by atoms with Crippen molar-refractivity contribution >= 4 is 22.8 Å². The van der Waals surface area contributed by atoms with Crippen molar-refractivity contribution in [2.75, 3.05) is 31.1 Å². The molecule has 1 fully saturated rings. The van der Waals surface area contributed by atoms with Crippen molar-refractivity contribution in [3.8, 4) is 11.3 Å². The number of rotatable bonds is 3. The number of carbonyl (C=O) groups excluding carboxylic acids is 1. The average molecular weight is 396 g/mol. The first-order valence-electron chi connectivity index (χ1n) is 9.93. The molecule has 1 saturated heterocycles. The van der Waals surface area contributed by atoms with Crippen molar-refractivity contribution < 1.29 is 4.79 Å². The van der Waals surface area contributed by atoms with Crippen LogP contribution in [0.4, 0.5) is 5.95 Å². The van der Waals surface area contributed by atoms with Crippen LogP contribution in [0.25, 0.3) is 22.2 Å². The van der Waals surface area contributed by atoms with Gasteiger partial charge in [-0.05, 0) is 12.1 Å². The highest BCUT2D eigenvalue weighted by Gasteiger charge is 2.27. The van der Waals surface area contributed by atoms with Gasteiger partial charge in [0.25, 0.3) is 5.91 Å². The van der Waals surface area contributed by atoms with E-state index in [-0.39, 0.29) is 5.91 Å². The Balaban J connectivity index is 1.49. The van der Waals surface area contributed by atoms with Crippen LogP contribution in [-0.2, 0) is 0 Å². The van der Waals surface area contributed by atoms with Crippen molar-refractivity contribution in [3.63, 3.8) is 0 Å². The highest BCUT2D eigenvalue weighted by atomic mass is 16.2. The molecule has 0 unspecified atom stereocenters. The third-order valence-corrected chi connectivity index (χ3v) is 5.33. The van der Waals surface area contributed by atoms with Crippen molar-refractivity contribution in [1.82, 2.24) is 25.1 Å². The van der Waals surface area contributed by atoms with Crippen LogP contribution < -0.4 is 4.90 Å². The zero-order chi connectivity index (χ0) is 20.3. The summed E-state index contributed by atoms with van der Waals surface area (Å²) in [7, 11) is 0. The lowest BCUT2D eigenvalue weighted by atomic mass is 10.0. The van der Waals surface area contributed by atoms with Gasteiger partial charge in [-0.1, -0.05) is 48.5 Å². The summed E-state index contributed by atoms with van der Waals surface area (Å²) in [6.45, 7) is 2.57. The van der Waals surface area contributed by atoms with Crippen LogP contribution in [0.15, 0.2) is 73.1 Å². The van der Waals surface area contributed by atoms with Gasteiger partial charge < -0.3 is 9.80 Å². The molecule has 1 aliphatic heterocycles. The Morgan fingerprint density at radius 1 is 0.767 bits per heavy atom. The summed E-state index contributed by atoms with van der Waals surface area (Å²) in [5, 5.41) is 9.60. The first-order chi connectivity index (χ1) is 14.8. The predicted octanol–water partition coefficient (Wildman–Crippen LogP) is 3.05. The summed E-state index contributed by atoms with van der Waals surface area (Å²) < 4.78 is 0. The first kappa shape index (κ1) is 18.2. The van der Waals surface area contributed by atoms with E-state index in [2.05, 4.69) is 25.1 Å². The molecule has 0 saturated carbocycles. The topological polar surface area (TPSA) is 75.1 Å². The zero-order valence-corrected chi connectivity index (χ0v) is 16.3. The lowest BCUT2D eigenvalue weighted by Crippen LogP contribution is -2.49. The van der Waals surface area contributed by atoms with E-state index in [4.69, 9.17) is 0 Å². The lowest BCUT2D eigenvalue weighted by Gasteiger charge is -2.35. The molecule has 1 amide bonds. The van der Waals surface area contributed by atoms with Gasteiger partial charge in [-0.2, -0.15) is 0 Å². The Hall–Kier alpha value is -3.87. The second-order valence-electron chi connectivity index (χ2n) is 7.13. The smallest absolute Gasteiger partial charge is 0.256 e. The van der Waals surface area contributed by atoms with Crippen LogP contribution in [0.3, 0.4) is 0 Å². The molecule has 0 aliphatic carbocycles. The fraction of sp³-hybridized carbons (Fsp3) is 0.174. The summed E-state index contributed by atoms with van der Waals surface area (Å²) in [5.74, 6) is 0.680. The average Bonchev–Trinajstić information content (AvgIpc) is 2.84. The molecular formula is C23H20N6O. The number of fused-ring (bicyclic) bond motifs is 1. The number of hydrogen-bond acceptors (Lipinski definition) is 6. The molecule has 1 aliphatic rings. The quantitative estimate of drug-likeness (QED) is 0.530. The van der Waals surface area contributed by atoms with Crippen LogP contribution in [0, 0.1) is 0 Å². The van der Waals surface area contributed by atoms with Gasteiger partial charge in [0.2, 0.25) is 5.95 Å². The normalized spacial score (nSPS) is 14.1. The van der Waals surface area contributed by atoms with Crippen LogP contribution in [0.2, 0.25) is 0 Å². The molecule has 0 atom stereocenters. The van der Waals surface area contributed by atoms with E-state index < -0.39 is 0 Å². The van der Waals surface area contributed by atoms with E-state index in [0.717, 1.165) is 16.5 Å². The van der Waals surface area contributed by atoms with Crippen molar-refractivity contribution in [2.45, 2.75) is 0 Å². The molecular weight excluding hydrogens is 376 g/mol. The van der Waals surface area contributed by atoms with Crippen LogP contribution >= 0.6 is 0 Å². The molecule has 2 aromatic heterocycles. The standard InChI is InChI=1S/C23H20N6O/c30-22(28-13-15-29(16-14-28)23-24-11-6-12-25-23)20-18-9-4-5-10-19(18)26-27-21(20)17-7-2-1-3-8-17/h1-12H,13-16H2. The molecule has 7 nitrogen and oxygen atoms in total. The molecule has 0 bridgehead atoms. The lowest BCUT2D eigenvalue weighted by molar-refractivity contribution is 0.0748. The van der Waals surface area contributed by atoms with Gasteiger partial charge in [0, 0.05) is 49.5 Å². The molecule has 7 heteroatoms. The summed E-state index contributed by atoms with van der Waals surface area (Å²) in [6.07, 6.45) is 3.47. The summed E-state index contributed by atoms with van der Waals surface area (Å²) in [4.78, 5) is 26.3. The van der Waals surface area contributed by atoms with Gasteiger partial charge in [-0.25, -0.2) is 9.97 Å². The maximum Gasteiger partial charge on any atom is 0.256 e. The van der Waals surface area contributed by atoms with Gasteiger partial charge in [0.15, 0.2) is 0 Å². The molecule has 0 spiro atoms. The van der Waals surface area contributed by atoms with E-state index in [1.807, 2.05) is 59.5 Å².